The second kappa shape index (κ2) is 7.30. The van der Waals surface area contributed by atoms with Crippen molar-refractivity contribution < 1.29 is 9.59 Å². The molecule has 27 heavy (non-hydrogen) atoms. The fraction of sp³-hybridized carbons (Fsp3) is 0.0435. The zero-order valence-electron chi connectivity index (χ0n) is 14.6. The summed E-state index contributed by atoms with van der Waals surface area (Å²) in [4.78, 5) is 28.6. The van der Waals surface area contributed by atoms with Gasteiger partial charge in [-0.05, 0) is 17.2 Å². The third-order valence-corrected chi connectivity index (χ3v) is 4.58. The molecule has 0 bridgehead atoms. The van der Waals surface area contributed by atoms with Gasteiger partial charge in [0.05, 0.1) is 11.6 Å². The molecular formula is C23H18N2O2. The van der Waals surface area contributed by atoms with Crippen LogP contribution in [0.4, 0.5) is 0 Å². The standard InChI is InChI=1S/C23H18N2O2/c26-22(19-15-24-20-14-8-7-13-18(19)20)23(27)25-21(16-9-3-1-4-10-16)17-11-5-2-6-12-17/h1-15,21,24H,(H,25,27). The third kappa shape index (κ3) is 3.37. The monoisotopic (exact) mass is 354 g/mol. The predicted molar refractivity (Wildman–Crippen MR) is 105 cm³/mol. The first-order valence-electron chi connectivity index (χ1n) is 8.75. The number of rotatable bonds is 5. The van der Waals surface area contributed by atoms with E-state index in [0.29, 0.717) is 5.56 Å². The number of fused-ring (bicyclic) bond motifs is 1. The van der Waals surface area contributed by atoms with Gasteiger partial charge in [0, 0.05) is 17.1 Å². The van der Waals surface area contributed by atoms with E-state index in [1.54, 1.807) is 6.20 Å². The molecule has 0 unspecified atom stereocenters. The lowest BCUT2D eigenvalue weighted by Crippen LogP contribution is -2.34. The third-order valence-electron chi connectivity index (χ3n) is 4.58. The number of Topliss-reactive ketones (excluding diaryl/α,β-unsaturated/α-hetero) is 1. The number of hydrogen-bond donors (Lipinski definition) is 2. The van der Waals surface area contributed by atoms with E-state index < -0.39 is 17.7 Å². The van der Waals surface area contributed by atoms with Gasteiger partial charge in [0.15, 0.2) is 0 Å². The van der Waals surface area contributed by atoms with Crippen molar-refractivity contribution >= 4 is 22.6 Å². The molecule has 4 rings (SSSR count). The highest BCUT2D eigenvalue weighted by atomic mass is 16.2. The van der Waals surface area contributed by atoms with Crippen LogP contribution < -0.4 is 5.32 Å². The molecular weight excluding hydrogens is 336 g/mol. The maximum absolute atomic E-state index is 12.8. The number of aromatic nitrogens is 1. The molecule has 1 amide bonds. The molecule has 0 saturated heterocycles. The van der Waals surface area contributed by atoms with Crippen LogP contribution >= 0.6 is 0 Å². The van der Waals surface area contributed by atoms with Crippen molar-refractivity contribution in [3.05, 3.63) is 108 Å². The van der Waals surface area contributed by atoms with Gasteiger partial charge in [-0.1, -0.05) is 78.9 Å². The van der Waals surface area contributed by atoms with E-state index in [9.17, 15) is 9.59 Å². The fourth-order valence-corrected chi connectivity index (χ4v) is 3.23. The first-order valence-corrected chi connectivity index (χ1v) is 8.75. The Morgan fingerprint density at radius 1 is 0.741 bits per heavy atom. The summed E-state index contributed by atoms with van der Waals surface area (Å²) in [5.41, 5.74) is 3.05. The summed E-state index contributed by atoms with van der Waals surface area (Å²) in [5, 5.41) is 3.64. The molecule has 0 radical (unpaired) electrons. The van der Waals surface area contributed by atoms with Gasteiger partial charge in [-0.2, -0.15) is 0 Å². The maximum atomic E-state index is 12.8. The molecule has 132 valence electrons. The Morgan fingerprint density at radius 3 is 1.93 bits per heavy atom. The van der Waals surface area contributed by atoms with Crippen LogP contribution in [0.2, 0.25) is 0 Å². The average Bonchev–Trinajstić information content (AvgIpc) is 3.16. The maximum Gasteiger partial charge on any atom is 0.293 e. The summed E-state index contributed by atoms with van der Waals surface area (Å²) >= 11 is 0. The van der Waals surface area contributed by atoms with E-state index in [1.807, 2.05) is 84.9 Å². The Balaban J connectivity index is 1.65. The number of amides is 1. The van der Waals surface area contributed by atoms with E-state index in [2.05, 4.69) is 10.3 Å². The van der Waals surface area contributed by atoms with Crippen molar-refractivity contribution in [1.29, 1.82) is 0 Å². The Bertz CT molecular complexity index is 1050. The first-order chi connectivity index (χ1) is 13.2. The number of nitrogens with one attached hydrogen (secondary N) is 2. The molecule has 4 heteroatoms. The van der Waals surface area contributed by atoms with Gasteiger partial charge >= 0.3 is 0 Å². The molecule has 1 aromatic heterocycles. The Kier molecular flexibility index (Phi) is 4.54. The molecule has 0 atom stereocenters. The van der Waals surface area contributed by atoms with Crippen LogP contribution in [0.25, 0.3) is 10.9 Å². The van der Waals surface area contributed by atoms with Crippen molar-refractivity contribution in [2.45, 2.75) is 6.04 Å². The topological polar surface area (TPSA) is 62.0 Å². The number of benzene rings is 3. The Labute approximate surface area is 156 Å². The van der Waals surface area contributed by atoms with Crippen LogP contribution in [-0.4, -0.2) is 16.7 Å². The van der Waals surface area contributed by atoms with E-state index in [-0.39, 0.29) is 0 Å². The van der Waals surface area contributed by atoms with Gasteiger partial charge < -0.3 is 10.3 Å². The molecule has 0 spiro atoms. The van der Waals surface area contributed by atoms with Gasteiger partial charge in [-0.15, -0.1) is 0 Å². The lowest BCUT2D eigenvalue weighted by Gasteiger charge is -2.19. The van der Waals surface area contributed by atoms with Gasteiger partial charge in [-0.25, -0.2) is 0 Å². The summed E-state index contributed by atoms with van der Waals surface area (Å²) in [6.45, 7) is 0. The van der Waals surface area contributed by atoms with Crippen LogP contribution in [0, 0.1) is 0 Å². The van der Waals surface area contributed by atoms with E-state index in [0.717, 1.165) is 22.0 Å². The van der Waals surface area contributed by atoms with Crippen molar-refractivity contribution in [2.24, 2.45) is 0 Å². The largest absolute Gasteiger partial charge is 0.360 e. The molecule has 2 N–H and O–H groups in total. The van der Waals surface area contributed by atoms with Crippen LogP contribution in [0.3, 0.4) is 0 Å². The number of para-hydroxylation sites is 1. The van der Waals surface area contributed by atoms with Gasteiger partial charge in [-0.3, -0.25) is 9.59 Å². The van der Waals surface area contributed by atoms with Gasteiger partial charge in [0.2, 0.25) is 0 Å². The van der Waals surface area contributed by atoms with Crippen LogP contribution in [0.15, 0.2) is 91.1 Å². The number of carbonyl (C=O) groups excluding carboxylic acids is 2. The van der Waals surface area contributed by atoms with E-state index in [1.165, 1.54) is 0 Å². The van der Waals surface area contributed by atoms with Crippen LogP contribution in [0.1, 0.15) is 27.5 Å². The normalized spacial score (nSPS) is 10.9. The second-order valence-corrected chi connectivity index (χ2v) is 6.30. The summed E-state index contributed by atoms with van der Waals surface area (Å²) in [6.07, 6.45) is 1.59. The molecule has 4 aromatic rings. The zero-order valence-corrected chi connectivity index (χ0v) is 14.6. The number of ketones is 1. The number of hydrogen-bond acceptors (Lipinski definition) is 2. The van der Waals surface area contributed by atoms with Crippen LogP contribution in [-0.2, 0) is 4.79 Å². The Morgan fingerprint density at radius 2 is 1.30 bits per heavy atom. The van der Waals surface area contributed by atoms with Gasteiger partial charge in [0.25, 0.3) is 11.7 Å². The Hall–Kier alpha value is -3.66. The summed E-state index contributed by atoms with van der Waals surface area (Å²) in [5.74, 6) is -1.18. The minimum Gasteiger partial charge on any atom is -0.360 e. The lowest BCUT2D eigenvalue weighted by molar-refractivity contribution is -0.117. The minimum atomic E-state index is -0.627. The van der Waals surface area contributed by atoms with Gasteiger partial charge in [0.1, 0.15) is 0 Å². The smallest absolute Gasteiger partial charge is 0.293 e. The molecule has 0 fully saturated rings. The SMILES string of the molecule is O=C(NC(c1ccccc1)c1ccccc1)C(=O)c1c[nH]c2ccccc12. The lowest BCUT2D eigenvalue weighted by atomic mass is 9.98. The zero-order chi connectivity index (χ0) is 18.6. The number of H-pyrrole nitrogens is 1. The number of carbonyl (C=O) groups is 2. The molecule has 0 aliphatic rings. The molecule has 3 aromatic carbocycles. The molecule has 0 saturated carbocycles. The highest BCUT2D eigenvalue weighted by Gasteiger charge is 2.24. The molecule has 1 heterocycles. The predicted octanol–water partition coefficient (Wildman–Crippen LogP) is 4.26. The summed E-state index contributed by atoms with van der Waals surface area (Å²) in [6, 6.07) is 26.3. The fourth-order valence-electron chi connectivity index (χ4n) is 3.23. The highest BCUT2D eigenvalue weighted by Crippen LogP contribution is 2.23. The second-order valence-electron chi connectivity index (χ2n) is 6.30. The van der Waals surface area contributed by atoms with E-state index in [4.69, 9.17) is 0 Å². The highest BCUT2D eigenvalue weighted by molar-refractivity contribution is 6.45. The first kappa shape index (κ1) is 16.8. The average molecular weight is 354 g/mol. The molecule has 4 nitrogen and oxygen atoms in total. The van der Waals surface area contributed by atoms with Crippen molar-refractivity contribution in [3.63, 3.8) is 0 Å². The number of aromatic amines is 1. The minimum absolute atomic E-state index is 0.378. The summed E-state index contributed by atoms with van der Waals surface area (Å²) < 4.78 is 0. The van der Waals surface area contributed by atoms with E-state index >= 15 is 0 Å². The molecule has 0 aliphatic carbocycles. The van der Waals surface area contributed by atoms with Crippen LogP contribution in [0.5, 0.6) is 0 Å². The van der Waals surface area contributed by atoms with Crippen molar-refractivity contribution in [2.75, 3.05) is 0 Å². The van der Waals surface area contributed by atoms with Crippen molar-refractivity contribution in [1.82, 2.24) is 10.3 Å². The van der Waals surface area contributed by atoms with Crippen molar-refractivity contribution in [3.8, 4) is 0 Å². The quantitative estimate of drug-likeness (QED) is 0.416. The summed E-state index contributed by atoms with van der Waals surface area (Å²) in [7, 11) is 0. The molecule has 0 aliphatic heterocycles.